The van der Waals surface area contributed by atoms with Gasteiger partial charge in [-0.1, -0.05) is 15.9 Å². The normalized spacial score (nSPS) is 18.9. The van der Waals surface area contributed by atoms with Gasteiger partial charge in [-0.05, 0) is 43.7 Å². The van der Waals surface area contributed by atoms with Gasteiger partial charge in [-0.25, -0.2) is 0 Å². The van der Waals surface area contributed by atoms with Gasteiger partial charge in [0.05, 0.1) is 0 Å². The van der Waals surface area contributed by atoms with Crippen molar-refractivity contribution in [1.29, 1.82) is 0 Å². The number of piperidine rings is 1. The molecule has 3 nitrogen and oxygen atoms in total. The first-order chi connectivity index (χ1) is 8.18. The summed E-state index contributed by atoms with van der Waals surface area (Å²) >= 11 is 3.37. The van der Waals surface area contributed by atoms with Gasteiger partial charge in [0.25, 0.3) is 5.91 Å². The molecule has 0 unspecified atom stereocenters. The van der Waals surface area contributed by atoms with Crippen molar-refractivity contribution in [3.05, 3.63) is 34.3 Å². The number of benzene rings is 1. The van der Waals surface area contributed by atoms with Crippen LogP contribution in [-0.2, 0) is 0 Å². The predicted molar refractivity (Wildman–Crippen MR) is 79.4 cm³/mol. The molecule has 5 heteroatoms. The maximum absolute atomic E-state index is 12.2. The molecule has 0 saturated carbocycles. The van der Waals surface area contributed by atoms with Crippen LogP contribution in [0.2, 0.25) is 0 Å². The summed E-state index contributed by atoms with van der Waals surface area (Å²) in [6.07, 6.45) is 2.23. The van der Waals surface area contributed by atoms with Crippen molar-refractivity contribution in [1.82, 2.24) is 10.2 Å². The zero-order valence-electron chi connectivity index (χ0n) is 10.4. The zero-order chi connectivity index (χ0) is 12.3. The van der Waals surface area contributed by atoms with E-state index in [4.69, 9.17) is 0 Å². The Labute approximate surface area is 122 Å². The van der Waals surface area contributed by atoms with Gasteiger partial charge >= 0.3 is 0 Å². The number of likely N-dealkylation sites (N-methyl/N-ethyl adjacent to an activating group) is 1. The number of amides is 1. The minimum atomic E-state index is 0. The Morgan fingerprint density at radius 3 is 2.61 bits per heavy atom. The second-order valence-corrected chi connectivity index (χ2v) is 5.34. The molecule has 0 aliphatic carbocycles. The number of nitrogens with one attached hydrogen (secondary N) is 1. The van der Waals surface area contributed by atoms with Crippen LogP contribution in [0.4, 0.5) is 0 Å². The van der Waals surface area contributed by atoms with E-state index in [2.05, 4.69) is 21.2 Å². The summed E-state index contributed by atoms with van der Waals surface area (Å²) < 4.78 is 0.996. The van der Waals surface area contributed by atoms with E-state index in [0.717, 1.165) is 36.0 Å². The van der Waals surface area contributed by atoms with E-state index in [0.29, 0.717) is 6.04 Å². The van der Waals surface area contributed by atoms with Crippen LogP contribution < -0.4 is 5.32 Å². The van der Waals surface area contributed by atoms with E-state index in [1.165, 1.54) is 0 Å². The predicted octanol–water partition coefficient (Wildman–Crippen LogP) is 2.69. The quantitative estimate of drug-likeness (QED) is 0.902. The molecule has 1 aromatic carbocycles. The molecule has 0 spiro atoms. The highest BCUT2D eigenvalue weighted by atomic mass is 79.9. The molecule has 0 aromatic heterocycles. The van der Waals surface area contributed by atoms with Crippen LogP contribution in [0.15, 0.2) is 28.7 Å². The lowest BCUT2D eigenvalue weighted by Gasteiger charge is -2.31. The first-order valence-corrected chi connectivity index (χ1v) is 6.71. The third-order valence-electron chi connectivity index (χ3n) is 3.23. The van der Waals surface area contributed by atoms with Gasteiger partial charge in [0.2, 0.25) is 0 Å². The Bertz CT molecular complexity index is 390. The highest BCUT2D eigenvalue weighted by molar-refractivity contribution is 9.10. The maximum atomic E-state index is 12.2. The van der Waals surface area contributed by atoms with Crippen LogP contribution in [0.5, 0.6) is 0 Å². The summed E-state index contributed by atoms with van der Waals surface area (Å²) in [6, 6.07) is 7.85. The van der Waals surface area contributed by atoms with Crippen molar-refractivity contribution in [2.75, 3.05) is 20.1 Å². The second kappa shape index (κ2) is 7.12. The molecule has 1 saturated heterocycles. The molecule has 18 heavy (non-hydrogen) atoms. The van der Waals surface area contributed by atoms with Gasteiger partial charge in [-0.2, -0.15) is 0 Å². The number of halogens is 2. The highest BCUT2D eigenvalue weighted by Crippen LogP contribution is 2.15. The van der Waals surface area contributed by atoms with Crippen LogP contribution in [-0.4, -0.2) is 37.0 Å². The summed E-state index contributed by atoms with van der Waals surface area (Å²) in [5, 5.41) is 3.33. The standard InChI is InChI=1S/C13H17BrN2O.ClH/c1-16(12-3-2-8-15-9-12)13(17)10-4-6-11(14)7-5-10;/h4-7,12,15H,2-3,8-9H2,1H3;1H/t12-;/m0./s1. The number of rotatable bonds is 2. The Morgan fingerprint density at radius 1 is 1.39 bits per heavy atom. The molecule has 1 fully saturated rings. The minimum Gasteiger partial charge on any atom is -0.337 e. The monoisotopic (exact) mass is 332 g/mol. The number of hydrogen-bond donors (Lipinski definition) is 1. The van der Waals surface area contributed by atoms with Crippen molar-refractivity contribution in [2.45, 2.75) is 18.9 Å². The average molecular weight is 334 g/mol. The van der Waals surface area contributed by atoms with E-state index in [-0.39, 0.29) is 18.3 Å². The fourth-order valence-corrected chi connectivity index (χ4v) is 2.39. The molecule has 1 aliphatic heterocycles. The molecule has 100 valence electrons. The molecule has 1 N–H and O–H groups in total. The summed E-state index contributed by atoms with van der Waals surface area (Å²) in [7, 11) is 1.89. The molecular formula is C13H18BrClN2O. The van der Waals surface area contributed by atoms with Gasteiger partial charge in [-0.3, -0.25) is 4.79 Å². The lowest BCUT2D eigenvalue weighted by atomic mass is 10.1. The molecular weight excluding hydrogens is 316 g/mol. The molecule has 0 radical (unpaired) electrons. The van der Waals surface area contributed by atoms with Crippen LogP contribution in [0, 0.1) is 0 Å². The summed E-state index contributed by atoms with van der Waals surface area (Å²) in [4.78, 5) is 14.1. The SMILES string of the molecule is CN(C(=O)c1ccc(Br)cc1)[C@H]1CCCNC1.Cl. The van der Waals surface area contributed by atoms with E-state index >= 15 is 0 Å². The Balaban J connectivity index is 0.00000162. The Morgan fingerprint density at radius 2 is 2.06 bits per heavy atom. The summed E-state index contributed by atoms with van der Waals surface area (Å²) in [6.45, 7) is 1.97. The van der Waals surface area contributed by atoms with Crippen molar-refractivity contribution in [3.8, 4) is 0 Å². The topological polar surface area (TPSA) is 32.3 Å². The van der Waals surface area contributed by atoms with E-state index in [1.807, 2.05) is 36.2 Å². The molecule has 1 aromatic rings. The lowest BCUT2D eigenvalue weighted by molar-refractivity contribution is 0.0708. The molecule has 1 atom stereocenters. The number of hydrogen-bond acceptors (Lipinski definition) is 2. The van der Waals surface area contributed by atoms with Crippen molar-refractivity contribution < 1.29 is 4.79 Å². The van der Waals surface area contributed by atoms with Gasteiger partial charge in [-0.15, -0.1) is 12.4 Å². The molecule has 2 rings (SSSR count). The van der Waals surface area contributed by atoms with Gasteiger partial charge in [0.15, 0.2) is 0 Å². The van der Waals surface area contributed by atoms with Crippen molar-refractivity contribution >= 4 is 34.2 Å². The highest BCUT2D eigenvalue weighted by Gasteiger charge is 2.22. The summed E-state index contributed by atoms with van der Waals surface area (Å²) in [5.41, 5.74) is 0.751. The van der Waals surface area contributed by atoms with Crippen LogP contribution >= 0.6 is 28.3 Å². The second-order valence-electron chi connectivity index (χ2n) is 4.42. The Kier molecular flexibility index (Phi) is 6.12. The molecule has 1 heterocycles. The maximum Gasteiger partial charge on any atom is 0.253 e. The third kappa shape index (κ3) is 3.70. The number of carbonyl (C=O) groups is 1. The van der Waals surface area contributed by atoms with Crippen molar-refractivity contribution in [2.24, 2.45) is 0 Å². The molecule has 1 aliphatic rings. The molecule has 0 bridgehead atoms. The first kappa shape index (κ1) is 15.5. The zero-order valence-corrected chi connectivity index (χ0v) is 12.8. The average Bonchev–Trinajstić information content (AvgIpc) is 2.39. The number of carbonyl (C=O) groups excluding carboxylic acids is 1. The van der Waals surface area contributed by atoms with E-state index < -0.39 is 0 Å². The van der Waals surface area contributed by atoms with Crippen LogP contribution in [0.1, 0.15) is 23.2 Å². The summed E-state index contributed by atoms with van der Waals surface area (Å²) in [5.74, 6) is 0.103. The molecule has 1 amide bonds. The van der Waals surface area contributed by atoms with Gasteiger partial charge in [0, 0.05) is 29.7 Å². The Hall–Kier alpha value is -0.580. The largest absolute Gasteiger partial charge is 0.337 e. The first-order valence-electron chi connectivity index (χ1n) is 5.92. The van der Waals surface area contributed by atoms with E-state index in [9.17, 15) is 4.79 Å². The van der Waals surface area contributed by atoms with Crippen LogP contribution in [0.3, 0.4) is 0 Å². The lowest BCUT2D eigenvalue weighted by Crippen LogP contribution is -2.46. The minimum absolute atomic E-state index is 0. The number of nitrogens with zero attached hydrogens (tertiary/aromatic N) is 1. The third-order valence-corrected chi connectivity index (χ3v) is 3.76. The van der Waals surface area contributed by atoms with E-state index in [1.54, 1.807) is 0 Å². The van der Waals surface area contributed by atoms with Crippen molar-refractivity contribution in [3.63, 3.8) is 0 Å². The smallest absolute Gasteiger partial charge is 0.253 e. The van der Waals surface area contributed by atoms with Gasteiger partial charge in [0.1, 0.15) is 0 Å². The van der Waals surface area contributed by atoms with Gasteiger partial charge < -0.3 is 10.2 Å². The fraction of sp³-hybridized carbons (Fsp3) is 0.462. The van der Waals surface area contributed by atoms with Crippen LogP contribution in [0.25, 0.3) is 0 Å². The fourth-order valence-electron chi connectivity index (χ4n) is 2.13.